The maximum atomic E-state index is 11.0. The lowest BCUT2D eigenvalue weighted by Gasteiger charge is -1.95. The molecule has 4 N–H and O–H groups in total. The first-order valence-corrected chi connectivity index (χ1v) is 3.85. The zero-order chi connectivity index (χ0) is 9.42. The number of hydrogen-bond acceptors (Lipinski definition) is 2. The molecule has 0 saturated heterocycles. The predicted molar refractivity (Wildman–Crippen MR) is 50.3 cm³/mol. The lowest BCUT2D eigenvalue weighted by Crippen LogP contribution is -2.10. The quantitative estimate of drug-likeness (QED) is 0.666. The summed E-state index contributed by atoms with van der Waals surface area (Å²) < 4.78 is 1.72. The molecule has 2 rings (SSSR count). The number of aromatic nitrogens is 1. The van der Waals surface area contributed by atoms with Gasteiger partial charge in [-0.3, -0.25) is 4.79 Å². The molecule has 0 saturated carbocycles. The molecule has 0 fully saturated rings. The van der Waals surface area contributed by atoms with E-state index in [4.69, 9.17) is 11.5 Å². The number of nitrogens with zero attached hydrogens (tertiary/aromatic N) is 1. The van der Waals surface area contributed by atoms with E-state index in [2.05, 4.69) is 0 Å². The number of nitrogen functional groups attached to an aromatic ring is 1. The first-order valence-electron chi connectivity index (χ1n) is 3.85. The van der Waals surface area contributed by atoms with E-state index in [1.165, 1.54) is 0 Å². The van der Waals surface area contributed by atoms with Crippen molar-refractivity contribution in [2.45, 2.75) is 0 Å². The van der Waals surface area contributed by atoms with Gasteiger partial charge in [-0.15, -0.1) is 0 Å². The van der Waals surface area contributed by atoms with Gasteiger partial charge in [0.15, 0.2) is 0 Å². The average Bonchev–Trinajstić information content (AvgIpc) is 2.45. The molecule has 4 nitrogen and oxygen atoms in total. The molecular formula is C9H9N3O. The van der Waals surface area contributed by atoms with Crippen molar-refractivity contribution in [2.75, 3.05) is 5.73 Å². The summed E-state index contributed by atoms with van der Waals surface area (Å²) in [7, 11) is 0. The predicted octanol–water partition coefficient (Wildman–Crippen LogP) is 0.620. The number of carbonyl (C=O) groups is 1. The summed E-state index contributed by atoms with van der Waals surface area (Å²) in [4.78, 5) is 11.0. The van der Waals surface area contributed by atoms with Crippen LogP contribution in [-0.4, -0.2) is 10.3 Å². The van der Waals surface area contributed by atoms with Gasteiger partial charge < -0.3 is 15.9 Å². The minimum absolute atomic E-state index is 0.457. The fourth-order valence-electron chi connectivity index (χ4n) is 1.38. The Balaban J connectivity index is 2.85. The van der Waals surface area contributed by atoms with E-state index in [-0.39, 0.29) is 0 Å². The van der Waals surface area contributed by atoms with Crippen molar-refractivity contribution in [2.24, 2.45) is 5.73 Å². The van der Waals surface area contributed by atoms with Gasteiger partial charge in [0, 0.05) is 6.20 Å². The maximum Gasteiger partial charge on any atom is 0.250 e. The molecule has 0 aliphatic rings. The second-order valence-corrected chi connectivity index (χ2v) is 2.80. The third-order valence-corrected chi connectivity index (χ3v) is 1.97. The van der Waals surface area contributed by atoms with Gasteiger partial charge in [-0.1, -0.05) is 6.07 Å². The number of amides is 1. The molecule has 0 spiro atoms. The number of rotatable bonds is 1. The van der Waals surface area contributed by atoms with Crippen LogP contribution in [-0.2, 0) is 0 Å². The van der Waals surface area contributed by atoms with E-state index in [1.807, 2.05) is 12.1 Å². The molecule has 2 aromatic heterocycles. The summed E-state index contributed by atoms with van der Waals surface area (Å²) in [6.07, 6.45) is 1.79. The van der Waals surface area contributed by atoms with Gasteiger partial charge in [-0.2, -0.15) is 0 Å². The lowest BCUT2D eigenvalue weighted by atomic mass is 10.2. The first kappa shape index (κ1) is 7.67. The van der Waals surface area contributed by atoms with Crippen LogP contribution >= 0.6 is 0 Å². The lowest BCUT2D eigenvalue weighted by molar-refractivity contribution is 0.100. The number of carbonyl (C=O) groups excluding carboxylic acids is 1. The fourth-order valence-corrected chi connectivity index (χ4v) is 1.38. The van der Waals surface area contributed by atoms with E-state index < -0.39 is 5.91 Å². The van der Waals surface area contributed by atoms with E-state index in [0.29, 0.717) is 11.4 Å². The highest BCUT2D eigenvalue weighted by molar-refractivity contribution is 6.01. The highest BCUT2D eigenvalue weighted by Crippen LogP contribution is 2.17. The van der Waals surface area contributed by atoms with Crippen molar-refractivity contribution < 1.29 is 4.79 Å². The SMILES string of the molecule is NC(=O)c1cc(N)n2ccccc12. The molecule has 0 radical (unpaired) electrons. The molecule has 2 heterocycles. The van der Waals surface area contributed by atoms with Crippen molar-refractivity contribution in [3.63, 3.8) is 0 Å². The zero-order valence-electron chi connectivity index (χ0n) is 6.90. The molecule has 13 heavy (non-hydrogen) atoms. The van der Waals surface area contributed by atoms with Crippen molar-refractivity contribution in [1.82, 2.24) is 4.40 Å². The number of anilines is 1. The van der Waals surface area contributed by atoms with Crippen molar-refractivity contribution in [1.29, 1.82) is 0 Å². The van der Waals surface area contributed by atoms with Gasteiger partial charge in [0.05, 0.1) is 11.1 Å². The molecule has 4 heteroatoms. The van der Waals surface area contributed by atoms with Gasteiger partial charge in [-0.25, -0.2) is 0 Å². The Labute approximate surface area is 74.8 Å². The number of primary amides is 1. The molecule has 0 unspecified atom stereocenters. The average molecular weight is 175 g/mol. The summed E-state index contributed by atoms with van der Waals surface area (Å²) in [5.41, 5.74) is 12.1. The van der Waals surface area contributed by atoms with E-state index in [0.717, 1.165) is 5.52 Å². The van der Waals surface area contributed by atoms with Gasteiger partial charge in [0.1, 0.15) is 5.82 Å². The summed E-state index contributed by atoms with van der Waals surface area (Å²) in [5, 5.41) is 0. The van der Waals surface area contributed by atoms with Crippen LogP contribution in [0.5, 0.6) is 0 Å². The molecule has 2 aromatic rings. The minimum atomic E-state index is -0.458. The maximum absolute atomic E-state index is 11.0. The molecular weight excluding hydrogens is 166 g/mol. The van der Waals surface area contributed by atoms with Crippen molar-refractivity contribution in [3.05, 3.63) is 36.0 Å². The van der Waals surface area contributed by atoms with Crippen LogP contribution < -0.4 is 11.5 Å². The smallest absolute Gasteiger partial charge is 0.250 e. The van der Waals surface area contributed by atoms with Gasteiger partial charge in [0.25, 0.3) is 5.91 Å². The molecule has 0 aliphatic heterocycles. The molecule has 1 amide bonds. The van der Waals surface area contributed by atoms with Crippen LogP contribution in [0.15, 0.2) is 30.5 Å². The Morgan fingerprint density at radius 2 is 2.15 bits per heavy atom. The van der Waals surface area contributed by atoms with E-state index in [1.54, 1.807) is 22.7 Å². The second kappa shape index (κ2) is 2.52. The van der Waals surface area contributed by atoms with Gasteiger partial charge >= 0.3 is 0 Å². The van der Waals surface area contributed by atoms with Crippen molar-refractivity contribution >= 4 is 17.2 Å². The minimum Gasteiger partial charge on any atom is -0.385 e. The number of pyridine rings is 1. The van der Waals surface area contributed by atoms with E-state index >= 15 is 0 Å². The molecule has 66 valence electrons. The van der Waals surface area contributed by atoms with Crippen LogP contribution in [0.25, 0.3) is 5.52 Å². The molecule has 0 atom stereocenters. The summed E-state index contributed by atoms with van der Waals surface area (Å²) >= 11 is 0. The fraction of sp³-hybridized carbons (Fsp3) is 0. The van der Waals surface area contributed by atoms with Crippen LogP contribution in [0.3, 0.4) is 0 Å². The molecule has 0 aromatic carbocycles. The Hall–Kier alpha value is -1.97. The number of hydrogen-bond donors (Lipinski definition) is 2. The summed E-state index contributed by atoms with van der Waals surface area (Å²) in [6, 6.07) is 7.06. The number of fused-ring (bicyclic) bond motifs is 1. The third-order valence-electron chi connectivity index (χ3n) is 1.97. The van der Waals surface area contributed by atoms with E-state index in [9.17, 15) is 4.79 Å². The molecule has 0 bridgehead atoms. The Bertz CT molecular complexity index is 473. The van der Waals surface area contributed by atoms with Crippen molar-refractivity contribution in [3.8, 4) is 0 Å². The Kier molecular flexibility index (Phi) is 1.48. The first-order chi connectivity index (χ1) is 6.20. The Morgan fingerprint density at radius 3 is 2.85 bits per heavy atom. The zero-order valence-corrected chi connectivity index (χ0v) is 6.90. The van der Waals surface area contributed by atoms with Crippen LogP contribution in [0.1, 0.15) is 10.4 Å². The van der Waals surface area contributed by atoms with Gasteiger partial charge in [-0.05, 0) is 18.2 Å². The topological polar surface area (TPSA) is 73.5 Å². The van der Waals surface area contributed by atoms with Crippen LogP contribution in [0, 0.1) is 0 Å². The third kappa shape index (κ3) is 1.03. The normalized spacial score (nSPS) is 10.5. The van der Waals surface area contributed by atoms with Crippen LogP contribution in [0.4, 0.5) is 5.82 Å². The summed E-state index contributed by atoms with van der Waals surface area (Å²) in [6.45, 7) is 0. The van der Waals surface area contributed by atoms with Gasteiger partial charge in [0.2, 0.25) is 0 Å². The highest BCUT2D eigenvalue weighted by Gasteiger charge is 2.09. The second-order valence-electron chi connectivity index (χ2n) is 2.80. The molecule has 0 aliphatic carbocycles. The monoisotopic (exact) mass is 175 g/mol. The largest absolute Gasteiger partial charge is 0.385 e. The standard InChI is InChI=1S/C9H9N3O/c10-8-5-6(9(11)13)7-3-1-2-4-12(7)8/h1-5H,10H2,(H2,11,13). The number of nitrogens with two attached hydrogens (primary N) is 2. The summed E-state index contributed by atoms with van der Waals surface area (Å²) in [5.74, 6) is 0.0600. The van der Waals surface area contributed by atoms with Crippen LogP contribution in [0.2, 0.25) is 0 Å². The highest BCUT2D eigenvalue weighted by atomic mass is 16.1. The Morgan fingerprint density at radius 1 is 1.38 bits per heavy atom.